The zero-order chi connectivity index (χ0) is 31.9. The van der Waals surface area contributed by atoms with Gasteiger partial charge in [-0.25, -0.2) is 9.78 Å². The van der Waals surface area contributed by atoms with Gasteiger partial charge in [0.15, 0.2) is 5.75 Å². The Morgan fingerprint density at radius 3 is 2.60 bits per heavy atom. The Labute approximate surface area is 263 Å². The van der Waals surface area contributed by atoms with E-state index in [-0.39, 0.29) is 35.4 Å². The average Bonchev–Trinajstić information content (AvgIpc) is 3.71. The fourth-order valence-electron chi connectivity index (χ4n) is 5.39. The van der Waals surface area contributed by atoms with Crippen LogP contribution >= 0.6 is 11.3 Å². The second-order valence-electron chi connectivity index (χ2n) is 10.1. The number of benzene rings is 2. The molecule has 0 saturated carbocycles. The fraction of sp³-hybridized carbons (Fsp3) is 0.312. The number of para-hydroxylation sites is 2. The van der Waals surface area contributed by atoms with E-state index in [1.807, 2.05) is 24.3 Å². The van der Waals surface area contributed by atoms with Crippen molar-refractivity contribution in [3.63, 3.8) is 0 Å². The molecular weight excluding hydrogens is 602 g/mol. The van der Waals surface area contributed by atoms with Crippen LogP contribution in [0.2, 0.25) is 0 Å². The number of aromatic nitrogens is 1. The number of anilines is 2. The standard InChI is InChI=1S/C32H33N3O9S/c1-19-26(29(37)34-18-36)31(45-28(19)30-33-13-16-43-30)35(23-9-6-8-22(32(38)39)27(23)41-3)17-25(44-20-11-14-42-15-12-20)21-7-4-5-10-24(21)40-2/h4-10,13,16,18,20,25H,11-12,14-15,17H2,1-3H3,(H,38,39)(H,34,36,37). The lowest BCUT2D eigenvalue weighted by Crippen LogP contribution is -2.32. The molecule has 13 heteroatoms. The number of nitrogens with zero attached hydrogens (tertiary/aromatic N) is 2. The molecule has 4 aromatic rings. The van der Waals surface area contributed by atoms with E-state index in [1.54, 1.807) is 31.1 Å². The van der Waals surface area contributed by atoms with E-state index in [0.29, 0.717) is 59.3 Å². The highest BCUT2D eigenvalue weighted by Gasteiger charge is 2.33. The van der Waals surface area contributed by atoms with Gasteiger partial charge in [-0.15, -0.1) is 11.3 Å². The van der Waals surface area contributed by atoms with Crippen LogP contribution in [0.15, 0.2) is 59.3 Å². The maximum Gasteiger partial charge on any atom is 0.339 e. The van der Waals surface area contributed by atoms with Gasteiger partial charge >= 0.3 is 5.97 Å². The number of carbonyl (C=O) groups is 3. The van der Waals surface area contributed by atoms with Crippen LogP contribution in [0.25, 0.3) is 10.8 Å². The zero-order valence-corrected chi connectivity index (χ0v) is 25.8. The van der Waals surface area contributed by atoms with Crippen LogP contribution in [0.1, 0.15) is 50.8 Å². The highest BCUT2D eigenvalue weighted by atomic mass is 32.1. The molecule has 1 fully saturated rings. The summed E-state index contributed by atoms with van der Waals surface area (Å²) in [6.07, 6.45) is 3.85. The van der Waals surface area contributed by atoms with E-state index in [9.17, 15) is 19.5 Å². The summed E-state index contributed by atoms with van der Waals surface area (Å²) < 4.78 is 29.3. The first kappa shape index (κ1) is 31.7. The van der Waals surface area contributed by atoms with Crippen LogP contribution in [0.4, 0.5) is 10.7 Å². The van der Waals surface area contributed by atoms with Crippen molar-refractivity contribution in [2.24, 2.45) is 0 Å². The minimum atomic E-state index is -1.19. The number of amides is 2. The minimum absolute atomic E-state index is 0.0701. The number of aromatic carboxylic acids is 1. The minimum Gasteiger partial charge on any atom is -0.496 e. The van der Waals surface area contributed by atoms with Crippen molar-refractivity contribution in [3.05, 3.63) is 77.2 Å². The molecule has 5 rings (SSSR count). The normalized spacial score (nSPS) is 14.0. The van der Waals surface area contributed by atoms with E-state index in [2.05, 4.69) is 10.3 Å². The molecule has 12 nitrogen and oxygen atoms in total. The van der Waals surface area contributed by atoms with Gasteiger partial charge in [-0.2, -0.15) is 0 Å². The van der Waals surface area contributed by atoms with Gasteiger partial charge in [0.25, 0.3) is 5.91 Å². The van der Waals surface area contributed by atoms with Gasteiger partial charge in [0.2, 0.25) is 12.3 Å². The maximum absolute atomic E-state index is 13.5. The van der Waals surface area contributed by atoms with Gasteiger partial charge in [0.1, 0.15) is 28.7 Å². The molecule has 1 saturated heterocycles. The fourth-order valence-corrected chi connectivity index (χ4v) is 6.66. The van der Waals surface area contributed by atoms with Gasteiger partial charge < -0.3 is 33.4 Å². The second-order valence-corrected chi connectivity index (χ2v) is 11.1. The Morgan fingerprint density at radius 2 is 1.93 bits per heavy atom. The van der Waals surface area contributed by atoms with E-state index in [4.69, 9.17) is 23.4 Å². The average molecular weight is 636 g/mol. The van der Waals surface area contributed by atoms with Crippen molar-refractivity contribution in [2.75, 3.05) is 38.9 Å². The van der Waals surface area contributed by atoms with E-state index < -0.39 is 18.0 Å². The molecule has 0 bridgehead atoms. The molecule has 1 aliphatic heterocycles. The molecule has 2 N–H and O–H groups in total. The Morgan fingerprint density at radius 1 is 1.16 bits per heavy atom. The predicted molar refractivity (Wildman–Crippen MR) is 166 cm³/mol. The molecule has 1 aliphatic rings. The number of carboxylic acids is 1. The quantitative estimate of drug-likeness (QED) is 0.182. The van der Waals surface area contributed by atoms with Crippen molar-refractivity contribution in [3.8, 4) is 22.3 Å². The summed E-state index contributed by atoms with van der Waals surface area (Å²) in [6, 6.07) is 12.2. The summed E-state index contributed by atoms with van der Waals surface area (Å²) in [5.41, 5.74) is 1.76. The smallest absolute Gasteiger partial charge is 0.339 e. The molecule has 45 heavy (non-hydrogen) atoms. The number of hydrogen-bond acceptors (Lipinski definition) is 11. The first-order valence-electron chi connectivity index (χ1n) is 14.2. The van der Waals surface area contributed by atoms with Crippen LogP contribution in [-0.2, 0) is 14.3 Å². The van der Waals surface area contributed by atoms with Crippen molar-refractivity contribution in [1.82, 2.24) is 10.3 Å². The molecule has 1 unspecified atom stereocenters. The first-order chi connectivity index (χ1) is 21.9. The van der Waals surface area contributed by atoms with Gasteiger partial charge in [0.05, 0.1) is 49.2 Å². The number of thiophene rings is 1. The molecule has 0 aliphatic carbocycles. The maximum atomic E-state index is 13.5. The van der Waals surface area contributed by atoms with E-state index >= 15 is 0 Å². The van der Waals surface area contributed by atoms with Crippen molar-refractivity contribution < 1.29 is 42.9 Å². The lowest BCUT2D eigenvalue weighted by Gasteiger charge is -2.34. The number of oxazole rings is 1. The van der Waals surface area contributed by atoms with Gasteiger partial charge in [-0.1, -0.05) is 24.3 Å². The molecular formula is C32H33N3O9S. The number of carboxylic acid groups (broad SMARTS) is 1. The molecule has 0 radical (unpaired) electrons. The van der Waals surface area contributed by atoms with Crippen LogP contribution in [0.3, 0.4) is 0 Å². The molecule has 1 atom stereocenters. The zero-order valence-electron chi connectivity index (χ0n) is 25.0. The highest BCUT2D eigenvalue weighted by molar-refractivity contribution is 7.20. The monoisotopic (exact) mass is 635 g/mol. The number of hydrogen-bond donors (Lipinski definition) is 2. The number of imide groups is 1. The SMILES string of the molecule is COc1ccccc1C(CN(c1cccc(C(=O)O)c1OC)c1sc(-c2ncco2)c(C)c1C(=O)NC=O)OC1CCOCC1. The summed E-state index contributed by atoms with van der Waals surface area (Å²) in [4.78, 5) is 43.9. The van der Waals surface area contributed by atoms with Crippen LogP contribution in [0, 0.1) is 6.92 Å². The third kappa shape index (κ3) is 6.70. The topological polar surface area (TPSA) is 150 Å². The van der Waals surface area contributed by atoms with Crippen molar-refractivity contribution >= 4 is 40.3 Å². The Balaban J connectivity index is 1.75. The summed E-state index contributed by atoms with van der Waals surface area (Å²) >= 11 is 1.21. The van der Waals surface area contributed by atoms with Crippen molar-refractivity contribution in [1.29, 1.82) is 0 Å². The third-order valence-corrected chi connectivity index (χ3v) is 8.80. The first-order valence-corrected chi connectivity index (χ1v) is 15.0. The molecule has 0 spiro atoms. The van der Waals surface area contributed by atoms with Crippen molar-refractivity contribution in [2.45, 2.75) is 32.0 Å². The summed E-state index contributed by atoms with van der Waals surface area (Å²) in [5, 5.41) is 12.7. The number of rotatable bonds is 13. The van der Waals surface area contributed by atoms with Gasteiger partial charge in [-0.05, 0) is 43.5 Å². The molecule has 236 valence electrons. The Bertz CT molecular complexity index is 1650. The molecule has 2 amide bonds. The summed E-state index contributed by atoms with van der Waals surface area (Å²) in [7, 11) is 2.96. The Hall–Kier alpha value is -4.72. The van der Waals surface area contributed by atoms with Gasteiger partial charge in [0, 0.05) is 18.8 Å². The largest absolute Gasteiger partial charge is 0.496 e. The van der Waals surface area contributed by atoms with Crippen LogP contribution in [0.5, 0.6) is 11.5 Å². The second kappa shape index (κ2) is 14.4. The lowest BCUT2D eigenvalue weighted by atomic mass is 10.0. The van der Waals surface area contributed by atoms with E-state index in [0.717, 1.165) is 5.56 Å². The molecule has 3 heterocycles. The summed E-state index contributed by atoms with van der Waals surface area (Å²) in [5.74, 6) is -0.864. The number of carbonyl (C=O) groups excluding carboxylic acids is 2. The molecule has 2 aromatic heterocycles. The predicted octanol–water partition coefficient (Wildman–Crippen LogP) is 5.39. The number of methoxy groups -OCH3 is 2. The third-order valence-electron chi connectivity index (χ3n) is 7.50. The van der Waals surface area contributed by atoms with Gasteiger partial charge in [-0.3, -0.25) is 14.9 Å². The highest BCUT2D eigenvalue weighted by Crippen LogP contribution is 2.48. The van der Waals surface area contributed by atoms with Crippen LogP contribution < -0.4 is 19.7 Å². The van der Waals surface area contributed by atoms with Crippen LogP contribution in [-0.4, -0.2) is 68.5 Å². The number of ether oxygens (including phenoxy) is 4. The van der Waals surface area contributed by atoms with E-state index in [1.165, 1.54) is 37.0 Å². The lowest BCUT2D eigenvalue weighted by molar-refractivity contribution is -0.108. The molecule has 2 aromatic carbocycles. The summed E-state index contributed by atoms with van der Waals surface area (Å²) in [6.45, 7) is 2.95. The Kier molecular flexibility index (Phi) is 10.1. The number of nitrogens with one attached hydrogen (secondary N) is 1.